The van der Waals surface area contributed by atoms with E-state index in [1.54, 1.807) is 13.0 Å². The normalized spacial score (nSPS) is 8.92. The molecule has 1 aromatic rings. The van der Waals surface area contributed by atoms with Crippen LogP contribution in [0.5, 0.6) is 0 Å². The largest absolute Gasteiger partial charge is 0.461 e. The predicted octanol–water partition coefficient (Wildman–Crippen LogP) is 1.13. The third-order valence-corrected chi connectivity index (χ3v) is 1.35. The monoisotopic (exact) mass is 176 g/mol. The van der Waals surface area contributed by atoms with Gasteiger partial charge in [-0.15, -0.1) is 0 Å². The maximum Gasteiger partial charge on any atom is 0.356 e. The van der Waals surface area contributed by atoms with Crippen molar-refractivity contribution >= 4 is 5.97 Å². The molecule has 13 heavy (non-hydrogen) atoms. The van der Waals surface area contributed by atoms with Crippen LogP contribution in [0.1, 0.15) is 23.1 Å². The van der Waals surface area contributed by atoms with Crippen LogP contribution < -0.4 is 0 Å². The quantitative estimate of drug-likeness (QED) is 0.633. The first-order valence-electron chi connectivity index (χ1n) is 3.82. The molecule has 0 spiro atoms. The van der Waals surface area contributed by atoms with Gasteiger partial charge in [-0.2, -0.15) is 5.26 Å². The van der Waals surface area contributed by atoms with Gasteiger partial charge in [0.15, 0.2) is 0 Å². The van der Waals surface area contributed by atoms with Crippen LogP contribution in [0.2, 0.25) is 0 Å². The summed E-state index contributed by atoms with van der Waals surface area (Å²) >= 11 is 0. The van der Waals surface area contributed by atoms with Gasteiger partial charge in [0.2, 0.25) is 0 Å². The molecule has 66 valence electrons. The fourth-order valence-electron chi connectivity index (χ4n) is 0.816. The fraction of sp³-hybridized carbons (Fsp3) is 0.222. The molecule has 0 unspecified atom stereocenters. The van der Waals surface area contributed by atoms with Gasteiger partial charge in [-0.3, -0.25) is 0 Å². The summed E-state index contributed by atoms with van der Waals surface area (Å²) in [6.07, 6.45) is 0. The molecule has 0 saturated carbocycles. The van der Waals surface area contributed by atoms with E-state index in [0.29, 0.717) is 6.61 Å². The van der Waals surface area contributed by atoms with Crippen molar-refractivity contribution in [3.8, 4) is 6.07 Å². The summed E-state index contributed by atoms with van der Waals surface area (Å²) in [6.45, 7) is 2.02. The average molecular weight is 176 g/mol. The summed E-state index contributed by atoms with van der Waals surface area (Å²) in [5, 5.41) is 8.51. The Kier molecular flexibility index (Phi) is 2.98. The number of ether oxygens (including phenoxy) is 1. The number of nitriles is 1. The van der Waals surface area contributed by atoms with Crippen LogP contribution in [0, 0.1) is 11.3 Å². The second kappa shape index (κ2) is 4.21. The van der Waals surface area contributed by atoms with Crippen molar-refractivity contribution in [2.75, 3.05) is 6.61 Å². The first-order chi connectivity index (χ1) is 6.27. The summed E-state index contributed by atoms with van der Waals surface area (Å²) in [5.41, 5.74) is 0.381. The van der Waals surface area contributed by atoms with Crippen LogP contribution in [0.3, 0.4) is 0 Å². The van der Waals surface area contributed by atoms with Gasteiger partial charge in [-0.25, -0.2) is 9.78 Å². The third-order valence-electron chi connectivity index (χ3n) is 1.35. The first-order valence-corrected chi connectivity index (χ1v) is 3.82. The van der Waals surface area contributed by atoms with Crippen molar-refractivity contribution < 1.29 is 9.53 Å². The highest BCUT2D eigenvalue weighted by Crippen LogP contribution is 2.00. The lowest BCUT2D eigenvalue weighted by Gasteiger charge is -1.99. The van der Waals surface area contributed by atoms with Crippen molar-refractivity contribution in [3.05, 3.63) is 29.6 Å². The second-order valence-electron chi connectivity index (χ2n) is 2.24. The minimum atomic E-state index is -0.500. The van der Waals surface area contributed by atoms with E-state index in [0.717, 1.165) is 0 Å². The lowest BCUT2D eigenvalue weighted by Crippen LogP contribution is -2.07. The van der Waals surface area contributed by atoms with Crippen LogP contribution in [-0.2, 0) is 4.74 Å². The molecule has 0 bridgehead atoms. The van der Waals surface area contributed by atoms with Crippen molar-refractivity contribution in [1.29, 1.82) is 5.26 Å². The van der Waals surface area contributed by atoms with E-state index >= 15 is 0 Å². The standard InChI is InChI=1S/C9H8N2O2/c1-2-13-9(12)8-5-3-4-7(6-10)11-8/h3-5H,2H2,1H3. The Morgan fingerprint density at radius 2 is 2.46 bits per heavy atom. The molecule has 0 aromatic carbocycles. The van der Waals surface area contributed by atoms with E-state index in [1.165, 1.54) is 12.1 Å². The molecule has 0 aliphatic rings. The van der Waals surface area contributed by atoms with Crippen LogP contribution >= 0.6 is 0 Å². The molecule has 1 aromatic heterocycles. The topological polar surface area (TPSA) is 63.0 Å². The van der Waals surface area contributed by atoms with Crippen LogP contribution in [0.4, 0.5) is 0 Å². The van der Waals surface area contributed by atoms with E-state index in [9.17, 15) is 4.79 Å². The molecule has 1 heterocycles. The van der Waals surface area contributed by atoms with Crippen molar-refractivity contribution in [3.63, 3.8) is 0 Å². The molecule has 0 radical (unpaired) electrons. The Balaban J connectivity index is 2.90. The number of aromatic nitrogens is 1. The Bertz CT molecular complexity index is 355. The van der Waals surface area contributed by atoms with E-state index in [2.05, 4.69) is 4.98 Å². The molecule has 4 heteroatoms. The molecule has 0 aliphatic heterocycles. The zero-order chi connectivity index (χ0) is 9.68. The minimum Gasteiger partial charge on any atom is -0.461 e. The minimum absolute atomic E-state index is 0.168. The number of esters is 1. The van der Waals surface area contributed by atoms with Crippen molar-refractivity contribution in [2.45, 2.75) is 6.92 Å². The third kappa shape index (κ3) is 2.27. The molecule has 4 nitrogen and oxygen atoms in total. The summed E-state index contributed by atoms with van der Waals surface area (Å²) < 4.78 is 4.72. The Morgan fingerprint density at radius 3 is 3.08 bits per heavy atom. The lowest BCUT2D eigenvalue weighted by atomic mass is 10.3. The van der Waals surface area contributed by atoms with E-state index in [1.807, 2.05) is 6.07 Å². The molecule has 0 atom stereocenters. The Morgan fingerprint density at radius 1 is 1.69 bits per heavy atom. The van der Waals surface area contributed by atoms with Crippen LogP contribution in [0.25, 0.3) is 0 Å². The zero-order valence-corrected chi connectivity index (χ0v) is 7.15. The number of carbonyl (C=O) groups is 1. The number of hydrogen-bond acceptors (Lipinski definition) is 4. The molecule has 1 rings (SSSR count). The van der Waals surface area contributed by atoms with Gasteiger partial charge < -0.3 is 4.74 Å². The van der Waals surface area contributed by atoms with Gasteiger partial charge in [0.25, 0.3) is 0 Å². The molecule has 0 N–H and O–H groups in total. The summed E-state index contributed by atoms with van der Waals surface area (Å²) in [6, 6.07) is 6.48. The number of pyridine rings is 1. The van der Waals surface area contributed by atoms with Crippen LogP contribution in [-0.4, -0.2) is 17.6 Å². The maximum atomic E-state index is 11.1. The van der Waals surface area contributed by atoms with Crippen molar-refractivity contribution in [1.82, 2.24) is 4.98 Å². The van der Waals surface area contributed by atoms with Gasteiger partial charge >= 0.3 is 5.97 Å². The SMILES string of the molecule is CCOC(=O)c1cccc(C#N)n1. The fourth-order valence-corrected chi connectivity index (χ4v) is 0.816. The van der Waals surface area contributed by atoms with E-state index in [-0.39, 0.29) is 11.4 Å². The van der Waals surface area contributed by atoms with Crippen LogP contribution in [0.15, 0.2) is 18.2 Å². The smallest absolute Gasteiger partial charge is 0.356 e. The van der Waals surface area contributed by atoms with E-state index in [4.69, 9.17) is 10.00 Å². The van der Waals surface area contributed by atoms with Gasteiger partial charge in [-0.05, 0) is 19.1 Å². The van der Waals surface area contributed by atoms with Gasteiger partial charge in [0, 0.05) is 0 Å². The number of carbonyl (C=O) groups excluding carboxylic acids is 1. The predicted molar refractivity (Wildman–Crippen MR) is 44.9 cm³/mol. The lowest BCUT2D eigenvalue weighted by molar-refractivity contribution is 0.0519. The highest BCUT2D eigenvalue weighted by Gasteiger charge is 2.07. The zero-order valence-electron chi connectivity index (χ0n) is 7.15. The van der Waals surface area contributed by atoms with E-state index < -0.39 is 5.97 Å². The Labute approximate surface area is 75.8 Å². The highest BCUT2D eigenvalue weighted by atomic mass is 16.5. The molecule has 0 aliphatic carbocycles. The van der Waals surface area contributed by atoms with Crippen molar-refractivity contribution in [2.24, 2.45) is 0 Å². The summed E-state index contributed by atoms with van der Waals surface area (Å²) in [7, 11) is 0. The summed E-state index contributed by atoms with van der Waals surface area (Å²) in [4.78, 5) is 14.9. The number of rotatable bonds is 2. The number of nitrogens with zero attached hydrogens (tertiary/aromatic N) is 2. The maximum absolute atomic E-state index is 11.1. The van der Waals surface area contributed by atoms with Gasteiger partial charge in [-0.1, -0.05) is 6.07 Å². The molecule has 0 fully saturated rings. The Hall–Kier alpha value is -1.89. The molecule has 0 saturated heterocycles. The van der Waals surface area contributed by atoms with Gasteiger partial charge in [0.05, 0.1) is 6.61 Å². The second-order valence-corrected chi connectivity index (χ2v) is 2.24. The first kappa shape index (κ1) is 9.20. The molecular formula is C9H8N2O2. The molecular weight excluding hydrogens is 168 g/mol. The number of hydrogen-bond donors (Lipinski definition) is 0. The summed E-state index contributed by atoms with van der Waals surface area (Å²) in [5.74, 6) is -0.500. The van der Waals surface area contributed by atoms with Gasteiger partial charge in [0.1, 0.15) is 17.5 Å². The highest BCUT2D eigenvalue weighted by molar-refractivity contribution is 5.87. The average Bonchev–Trinajstić information content (AvgIpc) is 2.18. The molecule has 0 amide bonds.